The van der Waals surface area contributed by atoms with Crippen molar-refractivity contribution < 1.29 is 9.90 Å². The summed E-state index contributed by atoms with van der Waals surface area (Å²) < 4.78 is 0. The molecule has 0 atom stereocenters. The molecule has 6 nitrogen and oxygen atoms in total. The standard InChI is InChI=1S/C15H18N4O2S/c1-3-19(4-2)15-16-9-13(22-15)10-17-18-12-7-5-11(6-8-12)14(20)21/h5-10,18H,3-4H2,1-2H3,(H,20,21)/b17-10+. The lowest BCUT2D eigenvalue weighted by Crippen LogP contribution is -2.21. The molecule has 0 aliphatic carbocycles. The topological polar surface area (TPSA) is 77.8 Å². The van der Waals surface area contributed by atoms with Crippen molar-refractivity contribution in [1.82, 2.24) is 4.98 Å². The zero-order valence-corrected chi connectivity index (χ0v) is 13.3. The van der Waals surface area contributed by atoms with Gasteiger partial charge in [-0.25, -0.2) is 9.78 Å². The summed E-state index contributed by atoms with van der Waals surface area (Å²) in [5.41, 5.74) is 3.85. The number of hydrogen-bond acceptors (Lipinski definition) is 6. The highest BCUT2D eigenvalue weighted by Gasteiger charge is 2.06. The van der Waals surface area contributed by atoms with Crippen LogP contribution in [0.4, 0.5) is 10.8 Å². The number of carbonyl (C=O) groups is 1. The number of hydrazone groups is 1. The van der Waals surface area contributed by atoms with Crippen LogP contribution in [0.3, 0.4) is 0 Å². The number of thiazole rings is 1. The maximum Gasteiger partial charge on any atom is 0.335 e. The Bertz CT molecular complexity index is 648. The van der Waals surface area contributed by atoms with Crippen molar-refractivity contribution in [3.8, 4) is 0 Å². The molecule has 0 bridgehead atoms. The molecule has 1 aromatic heterocycles. The van der Waals surface area contributed by atoms with E-state index in [9.17, 15) is 4.79 Å². The number of anilines is 2. The molecule has 0 saturated carbocycles. The van der Waals surface area contributed by atoms with Crippen molar-refractivity contribution in [3.63, 3.8) is 0 Å². The predicted molar refractivity (Wildman–Crippen MR) is 90.3 cm³/mol. The summed E-state index contributed by atoms with van der Waals surface area (Å²) in [5.74, 6) is -0.941. The van der Waals surface area contributed by atoms with Crippen LogP contribution in [-0.4, -0.2) is 35.4 Å². The number of carboxylic acid groups (broad SMARTS) is 1. The molecule has 2 N–H and O–H groups in total. The van der Waals surface area contributed by atoms with E-state index in [-0.39, 0.29) is 5.56 Å². The lowest BCUT2D eigenvalue weighted by molar-refractivity contribution is 0.0697. The minimum atomic E-state index is -0.941. The van der Waals surface area contributed by atoms with Gasteiger partial charge in [0, 0.05) is 19.3 Å². The van der Waals surface area contributed by atoms with Crippen LogP contribution in [0.2, 0.25) is 0 Å². The molecular formula is C15H18N4O2S. The summed E-state index contributed by atoms with van der Waals surface area (Å²) in [6, 6.07) is 6.42. The number of nitrogens with zero attached hydrogens (tertiary/aromatic N) is 3. The lowest BCUT2D eigenvalue weighted by Gasteiger charge is -2.16. The van der Waals surface area contributed by atoms with Gasteiger partial charge in [-0.2, -0.15) is 5.10 Å². The van der Waals surface area contributed by atoms with Gasteiger partial charge in [0.05, 0.1) is 22.3 Å². The Morgan fingerprint density at radius 3 is 2.64 bits per heavy atom. The van der Waals surface area contributed by atoms with Crippen molar-refractivity contribution in [2.24, 2.45) is 5.10 Å². The first-order valence-corrected chi connectivity index (χ1v) is 7.79. The molecule has 116 valence electrons. The summed E-state index contributed by atoms with van der Waals surface area (Å²) in [6.45, 7) is 6.05. The van der Waals surface area contributed by atoms with E-state index in [1.807, 2.05) is 0 Å². The minimum absolute atomic E-state index is 0.251. The third kappa shape index (κ3) is 4.05. The third-order valence-electron chi connectivity index (χ3n) is 3.06. The summed E-state index contributed by atoms with van der Waals surface area (Å²) in [7, 11) is 0. The summed E-state index contributed by atoms with van der Waals surface area (Å²) >= 11 is 1.58. The monoisotopic (exact) mass is 318 g/mol. The molecule has 0 spiro atoms. The molecule has 22 heavy (non-hydrogen) atoms. The van der Waals surface area contributed by atoms with E-state index in [1.54, 1.807) is 35.9 Å². The number of benzene rings is 1. The van der Waals surface area contributed by atoms with Gasteiger partial charge in [-0.3, -0.25) is 5.43 Å². The van der Waals surface area contributed by atoms with Crippen LogP contribution in [0.5, 0.6) is 0 Å². The van der Waals surface area contributed by atoms with E-state index < -0.39 is 5.97 Å². The molecule has 1 aromatic carbocycles. The Morgan fingerprint density at radius 2 is 2.05 bits per heavy atom. The van der Waals surface area contributed by atoms with Gasteiger partial charge in [-0.15, -0.1) is 0 Å². The maximum atomic E-state index is 10.8. The summed E-state index contributed by atoms with van der Waals surface area (Å²) in [5, 5.41) is 14.0. The highest BCUT2D eigenvalue weighted by Crippen LogP contribution is 2.20. The fraction of sp³-hybridized carbons (Fsp3) is 0.267. The van der Waals surface area contributed by atoms with Gasteiger partial charge >= 0.3 is 5.97 Å². The van der Waals surface area contributed by atoms with Gasteiger partial charge in [0.2, 0.25) is 0 Å². The van der Waals surface area contributed by atoms with Crippen LogP contribution in [0, 0.1) is 0 Å². The molecule has 2 rings (SSSR count). The van der Waals surface area contributed by atoms with Crippen LogP contribution in [0.1, 0.15) is 29.1 Å². The predicted octanol–water partition coefficient (Wildman–Crippen LogP) is 3.13. The van der Waals surface area contributed by atoms with Gasteiger partial charge in [0.25, 0.3) is 0 Å². The fourth-order valence-electron chi connectivity index (χ4n) is 1.83. The third-order valence-corrected chi connectivity index (χ3v) is 4.06. The Kier molecular flexibility index (Phi) is 5.48. The van der Waals surface area contributed by atoms with Gasteiger partial charge in [-0.05, 0) is 38.1 Å². The number of aromatic carboxylic acids is 1. The quantitative estimate of drug-likeness (QED) is 0.606. The fourth-order valence-corrected chi connectivity index (χ4v) is 2.75. The molecule has 0 amide bonds. The highest BCUT2D eigenvalue weighted by molar-refractivity contribution is 7.17. The van der Waals surface area contributed by atoms with Gasteiger partial charge in [-0.1, -0.05) is 11.3 Å². The molecule has 0 radical (unpaired) electrons. The molecule has 2 aromatic rings. The molecular weight excluding hydrogens is 300 g/mol. The number of nitrogens with one attached hydrogen (secondary N) is 1. The van der Waals surface area contributed by atoms with E-state index in [2.05, 4.69) is 34.3 Å². The highest BCUT2D eigenvalue weighted by atomic mass is 32.1. The van der Waals surface area contributed by atoms with E-state index >= 15 is 0 Å². The average molecular weight is 318 g/mol. The maximum absolute atomic E-state index is 10.8. The largest absolute Gasteiger partial charge is 0.478 e. The molecule has 1 heterocycles. The normalized spacial score (nSPS) is 10.8. The summed E-state index contributed by atoms with van der Waals surface area (Å²) in [4.78, 5) is 18.3. The van der Waals surface area contributed by atoms with E-state index in [0.717, 1.165) is 28.8 Å². The second-order valence-corrected chi connectivity index (χ2v) is 5.51. The Labute approximate surface area is 133 Å². The smallest absolute Gasteiger partial charge is 0.335 e. The average Bonchev–Trinajstić information content (AvgIpc) is 2.98. The first-order valence-electron chi connectivity index (χ1n) is 6.97. The number of rotatable bonds is 7. The molecule has 0 saturated heterocycles. The number of aromatic nitrogens is 1. The van der Waals surface area contributed by atoms with Crippen LogP contribution < -0.4 is 10.3 Å². The van der Waals surface area contributed by atoms with Gasteiger partial charge < -0.3 is 10.0 Å². The lowest BCUT2D eigenvalue weighted by atomic mass is 10.2. The Morgan fingerprint density at radius 1 is 1.36 bits per heavy atom. The first kappa shape index (κ1) is 16.0. The Hall–Kier alpha value is -2.41. The number of hydrogen-bond donors (Lipinski definition) is 2. The SMILES string of the molecule is CCN(CC)c1ncc(/C=N/Nc2ccc(C(=O)O)cc2)s1. The van der Waals surface area contributed by atoms with E-state index in [4.69, 9.17) is 5.11 Å². The van der Waals surface area contributed by atoms with Crippen molar-refractivity contribution in [2.45, 2.75) is 13.8 Å². The zero-order valence-electron chi connectivity index (χ0n) is 12.5. The van der Waals surface area contributed by atoms with Crippen LogP contribution in [-0.2, 0) is 0 Å². The van der Waals surface area contributed by atoms with Crippen molar-refractivity contribution in [3.05, 3.63) is 40.9 Å². The molecule has 0 fully saturated rings. The van der Waals surface area contributed by atoms with Crippen LogP contribution in [0.15, 0.2) is 35.6 Å². The van der Waals surface area contributed by atoms with Gasteiger partial charge in [0.1, 0.15) is 0 Å². The summed E-state index contributed by atoms with van der Waals surface area (Å²) in [6.07, 6.45) is 3.49. The second kappa shape index (κ2) is 7.56. The molecule has 0 aliphatic rings. The number of carboxylic acids is 1. The minimum Gasteiger partial charge on any atom is -0.478 e. The van der Waals surface area contributed by atoms with Gasteiger partial charge in [0.15, 0.2) is 5.13 Å². The molecule has 0 unspecified atom stereocenters. The van der Waals surface area contributed by atoms with E-state index in [0.29, 0.717) is 0 Å². The van der Waals surface area contributed by atoms with E-state index in [1.165, 1.54) is 12.1 Å². The van der Waals surface area contributed by atoms with Crippen LogP contribution >= 0.6 is 11.3 Å². The second-order valence-electron chi connectivity index (χ2n) is 4.47. The van der Waals surface area contributed by atoms with Crippen molar-refractivity contribution >= 4 is 34.3 Å². The van der Waals surface area contributed by atoms with Crippen molar-refractivity contribution in [2.75, 3.05) is 23.4 Å². The van der Waals surface area contributed by atoms with Crippen molar-refractivity contribution in [1.29, 1.82) is 0 Å². The molecule has 0 aliphatic heterocycles. The zero-order chi connectivity index (χ0) is 15.9. The van der Waals surface area contributed by atoms with Crippen LogP contribution in [0.25, 0.3) is 0 Å². The Balaban J connectivity index is 1.96. The molecule has 7 heteroatoms. The first-order chi connectivity index (χ1) is 10.6.